The second kappa shape index (κ2) is 9.98. The van der Waals surface area contributed by atoms with E-state index in [2.05, 4.69) is 0 Å². The van der Waals surface area contributed by atoms with Crippen molar-refractivity contribution < 1.29 is 46.2 Å². The van der Waals surface area contributed by atoms with Crippen LogP contribution in [0.25, 0.3) is 10.8 Å². The minimum absolute atomic E-state index is 0.0220. The standard InChI is InChI=1S/C32H21Cl2F5N2O5/c1-2-40-27(43)15-10-9-14-17(18(15)28(40)44)11-31(33)29(45)41(25-23(38)21(36)20(35)22(37)24(25)39)30(46)32(31,34)19(14)16-8-7-12-5-3-4-6-13(12)26(16)42/h3-9,15,17-19,42H,2,10-11H2,1H3/t15-,17+,18-,19+,31+,32-/m0/s1. The maximum atomic E-state index is 15.1. The van der Waals surface area contributed by atoms with E-state index in [1.54, 1.807) is 43.3 Å². The molecule has 3 aromatic carbocycles. The van der Waals surface area contributed by atoms with Gasteiger partial charge in [0.2, 0.25) is 17.6 Å². The monoisotopic (exact) mass is 678 g/mol. The number of carbonyl (C=O) groups excluding carboxylic acids is 4. The summed E-state index contributed by atoms with van der Waals surface area (Å²) in [5.74, 6) is -21.4. The summed E-state index contributed by atoms with van der Waals surface area (Å²) in [6.45, 7) is 1.66. The number of anilines is 1. The number of aromatic hydroxyl groups is 1. The molecule has 3 fully saturated rings. The summed E-state index contributed by atoms with van der Waals surface area (Å²) >= 11 is 14.2. The lowest BCUT2D eigenvalue weighted by Gasteiger charge is -2.50. The van der Waals surface area contributed by atoms with Crippen LogP contribution in [-0.2, 0) is 19.2 Å². The van der Waals surface area contributed by atoms with Crippen molar-refractivity contribution in [2.75, 3.05) is 11.4 Å². The number of fused-ring (bicyclic) bond motifs is 5. The Bertz CT molecular complexity index is 1960. The van der Waals surface area contributed by atoms with Crippen LogP contribution in [0.4, 0.5) is 27.6 Å². The van der Waals surface area contributed by atoms with Gasteiger partial charge in [-0.15, -0.1) is 23.2 Å². The van der Waals surface area contributed by atoms with E-state index in [1.807, 2.05) is 0 Å². The van der Waals surface area contributed by atoms with Crippen molar-refractivity contribution in [1.82, 2.24) is 4.90 Å². The van der Waals surface area contributed by atoms with E-state index < -0.39 is 98.2 Å². The molecule has 2 aliphatic heterocycles. The first-order valence-corrected chi connectivity index (χ1v) is 15.0. The zero-order valence-corrected chi connectivity index (χ0v) is 25.1. The van der Waals surface area contributed by atoms with Crippen LogP contribution in [0.15, 0.2) is 48.0 Å². The molecule has 0 aromatic heterocycles. The van der Waals surface area contributed by atoms with Gasteiger partial charge in [0.05, 0.1) is 11.8 Å². The van der Waals surface area contributed by atoms with Gasteiger partial charge in [0.15, 0.2) is 33.0 Å². The van der Waals surface area contributed by atoms with Gasteiger partial charge in [-0.05, 0) is 31.1 Å². The van der Waals surface area contributed by atoms with Gasteiger partial charge in [0, 0.05) is 23.4 Å². The Kier molecular flexibility index (Phi) is 6.64. The van der Waals surface area contributed by atoms with Gasteiger partial charge in [0.25, 0.3) is 11.8 Å². The minimum atomic E-state index is -2.71. The Hall–Kier alpha value is -4.03. The number of nitrogens with zero attached hydrogens (tertiary/aromatic N) is 2. The largest absolute Gasteiger partial charge is 0.507 e. The molecule has 4 aliphatic rings. The van der Waals surface area contributed by atoms with Crippen LogP contribution >= 0.6 is 23.2 Å². The lowest BCUT2D eigenvalue weighted by Crippen LogP contribution is -2.60. The van der Waals surface area contributed by atoms with Crippen LogP contribution in [0.1, 0.15) is 31.2 Å². The van der Waals surface area contributed by atoms with E-state index in [1.165, 1.54) is 6.07 Å². The molecule has 2 heterocycles. The number of imide groups is 2. The second-order valence-corrected chi connectivity index (χ2v) is 13.1. The van der Waals surface area contributed by atoms with Gasteiger partial charge in [-0.25, -0.2) is 26.9 Å². The molecule has 7 rings (SSSR count). The number of halogens is 7. The summed E-state index contributed by atoms with van der Waals surface area (Å²) < 4.78 is 73.0. The molecule has 46 heavy (non-hydrogen) atoms. The maximum absolute atomic E-state index is 15.1. The number of phenols is 1. The molecule has 4 amide bonds. The van der Waals surface area contributed by atoms with Gasteiger partial charge < -0.3 is 5.11 Å². The van der Waals surface area contributed by atoms with Crippen molar-refractivity contribution >= 4 is 63.3 Å². The normalized spacial score (nSPS) is 30.6. The number of phenolic OH excluding ortho intramolecular Hbond substituents is 1. The lowest BCUT2D eigenvalue weighted by molar-refractivity contribution is -0.140. The van der Waals surface area contributed by atoms with Gasteiger partial charge in [-0.1, -0.05) is 48.0 Å². The molecular weight excluding hydrogens is 658 g/mol. The fraction of sp³-hybridized carbons (Fsp3) is 0.312. The third-order valence-corrected chi connectivity index (χ3v) is 11.3. The molecule has 0 spiro atoms. The number of hydrogen-bond acceptors (Lipinski definition) is 5. The fourth-order valence-corrected chi connectivity index (χ4v) is 8.72. The Labute approximate surface area is 267 Å². The molecule has 0 unspecified atom stereocenters. The number of rotatable bonds is 3. The Morgan fingerprint density at radius 2 is 1.48 bits per heavy atom. The number of benzene rings is 3. The van der Waals surface area contributed by atoms with Crippen LogP contribution in [0.3, 0.4) is 0 Å². The first kappa shape index (κ1) is 30.6. The summed E-state index contributed by atoms with van der Waals surface area (Å²) in [7, 11) is 0. The predicted molar refractivity (Wildman–Crippen MR) is 154 cm³/mol. The zero-order chi connectivity index (χ0) is 33.2. The molecule has 238 valence electrons. The summed E-state index contributed by atoms with van der Waals surface area (Å²) in [6, 6.07) is 9.58. The molecule has 3 aromatic rings. The van der Waals surface area contributed by atoms with Crippen molar-refractivity contribution in [3.8, 4) is 5.75 Å². The molecule has 14 heteroatoms. The number of hydrogen-bond donors (Lipinski definition) is 1. The van der Waals surface area contributed by atoms with Gasteiger partial charge in [0.1, 0.15) is 11.4 Å². The van der Waals surface area contributed by atoms with E-state index >= 15 is 8.78 Å². The average Bonchev–Trinajstić information content (AvgIpc) is 3.37. The third kappa shape index (κ3) is 3.54. The minimum Gasteiger partial charge on any atom is -0.507 e. The van der Waals surface area contributed by atoms with Crippen LogP contribution in [0.2, 0.25) is 0 Å². The van der Waals surface area contributed by atoms with E-state index in [0.29, 0.717) is 10.8 Å². The number of carbonyl (C=O) groups is 4. The Morgan fingerprint density at radius 1 is 0.848 bits per heavy atom. The molecular formula is C32H21Cl2F5N2O5. The smallest absolute Gasteiger partial charge is 0.258 e. The van der Waals surface area contributed by atoms with Crippen LogP contribution in [0, 0.1) is 46.8 Å². The molecule has 6 atom stereocenters. The quantitative estimate of drug-likeness (QED) is 0.0941. The lowest BCUT2D eigenvalue weighted by atomic mass is 9.56. The molecule has 1 N–H and O–H groups in total. The van der Waals surface area contributed by atoms with Gasteiger partial charge in [-0.2, -0.15) is 0 Å². The fourth-order valence-electron chi connectivity index (χ4n) is 7.79. The summed E-state index contributed by atoms with van der Waals surface area (Å²) in [6.07, 6.45) is 0.992. The van der Waals surface area contributed by atoms with Crippen LogP contribution in [0.5, 0.6) is 5.75 Å². The second-order valence-electron chi connectivity index (χ2n) is 11.8. The SMILES string of the molecule is CCN1C(=O)[C@H]2[C@H](CC=C3[C@H]2C[C@@]2(Cl)C(=O)N(c4c(F)c(F)c(F)c(F)c4F)C(=O)[C@@]2(Cl)[C@H]3c2ccc3ccccc3c2O)C1=O. The van der Waals surface area contributed by atoms with Crippen molar-refractivity contribution in [3.63, 3.8) is 0 Å². The van der Waals surface area contributed by atoms with Crippen LogP contribution < -0.4 is 4.90 Å². The van der Waals surface area contributed by atoms with E-state index in [4.69, 9.17) is 23.2 Å². The summed E-state index contributed by atoms with van der Waals surface area (Å²) in [4.78, 5) is 50.7. The Morgan fingerprint density at radius 3 is 2.13 bits per heavy atom. The van der Waals surface area contributed by atoms with Crippen LogP contribution in [-0.4, -0.2) is 49.9 Å². The Balaban J connectivity index is 1.51. The molecule has 2 saturated heterocycles. The first-order valence-electron chi connectivity index (χ1n) is 14.3. The first-order chi connectivity index (χ1) is 21.7. The molecule has 2 aliphatic carbocycles. The highest BCUT2D eigenvalue weighted by atomic mass is 35.5. The number of amides is 4. The highest BCUT2D eigenvalue weighted by molar-refractivity contribution is 6.58. The predicted octanol–water partition coefficient (Wildman–Crippen LogP) is 5.82. The number of alkyl halides is 2. The molecule has 0 bridgehead atoms. The van der Waals surface area contributed by atoms with E-state index in [9.17, 15) is 37.5 Å². The third-order valence-electron chi connectivity index (χ3n) is 9.87. The van der Waals surface area contributed by atoms with Gasteiger partial charge in [-0.3, -0.25) is 24.1 Å². The van der Waals surface area contributed by atoms with Crippen molar-refractivity contribution in [2.24, 2.45) is 17.8 Å². The van der Waals surface area contributed by atoms with Gasteiger partial charge >= 0.3 is 0 Å². The molecule has 0 radical (unpaired) electrons. The molecule has 1 saturated carbocycles. The van der Waals surface area contributed by atoms with Crippen molar-refractivity contribution in [1.29, 1.82) is 0 Å². The summed E-state index contributed by atoms with van der Waals surface area (Å²) in [5.41, 5.74) is -1.64. The summed E-state index contributed by atoms with van der Waals surface area (Å²) in [5, 5.41) is 12.4. The zero-order valence-electron chi connectivity index (χ0n) is 23.6. The number of likely N-dealkylation sites (tertiary alicyclic amines) is 1. The average molecular weight is 679 g/mol. The van der Waals surface area contributed by atoms with E-state index in [-0.39, 0.29) is 34.8 Å². The van der Waals surface area contributed by atoms with E-state index in [0.717, 1.165) is 4.90 Å². The topological polar surface area (TPSA) is 95.0 Å². The molecule has 7 nitrogen and oxygen atoms in total. The highest BCUT2D eigenvalue weighted by Gasteiger charge is 2.77. The van der Waals surface area contributed by atoms with Crippen molar-refractivity contribution in [2.45, 2.75) is 35.4 Å². The highest BCUT2D eigenvalue weighted by Crippen LogP contribution is 2.67. The maximum Gasteiger partial charge on any atom is 0.258 e. The van der Waals surface area contributed by atoms with Crippen molar-refractivity contribution in [3.05, 3.63) is 82.7 Å². The number of allylic oxidation sites excluding steroid dienone is 2.